The van der Waals surface area contributed by atoms with Gasteiger partial charge >= 0.3 is 0 Å². The lowest BCUT2D eigenvalue weighted by Gasteiger charge is -2.16. The van der Waals surface area contributed by atoms with Crippen LogP contribution >= 0.6 is 0 Å². The number of aromatic nitrogens is 4. The minimum absolute atomic E-state index is 0.384. The second-order valence-corrected chi connectivity index (χ2v) is 8.40. The third-order valence-electron chi connectivity index (χ3n) is 5.87. The summed E-state index contributed by atoms with van der Waals surface area (Å²) in [7, 11) is 1.92. The molecule has 0 bridgehead atoms. The summed E-state index contributed by atoms with van der Waals surface area (Å²) in [6.07, 6.45) is 5.22. The zero-order chi connectivity index (χ0) is 25.2. The number of anilines is 2. The lowest BCUT2D eigenvalue weighted by molar-refractivity contribution is 0.459. The molecule has 3 heterocycles. The lowest BCUT2D eigenvalue weighted by Crippen LogP contribution is -2.02. The van der Waals surface area contributed by atoms with Gasteiger partial charge in [-0.2, -0.15) is 15.5 Å². The van der Waals surface area contributed by atoms with Crippen molar-refractivity contribution in [1.82, 2.24) is 19.5 Å². The van der Waals surface area contributed by atoms with Crippen molar-refractivity contribution in [2.75, 3.05) is 5.32 Å². The molecule has 0 aliphatic rings. The zero-order valence-electron chi connectivity index (χ0n) is 19.9. The minimum Gasteiger partial charge on any atom is -0.436 e. The third-order valence-corrected chi connectivity index (χ3v) is 5.87. The van der Waals surface area contributed by atoms with Crippen LogP contribution in [-0.4, -0.2) is 19.5 Å². The monoisotopic (exact) mass is 471 g/mol. The molecule has 5 rings (SSSR count). The van der Waals surface area contributed by atoms with Crippen LogP contribution in [0.2, 0.25) is 0 Å². The summed E-state index contributed by atoms with van der Waals surface area (Å²) in [4.78, 5) is 13.5. The number of nitriles is 2. The number of hydrogen-bond donors (Lipinski definition) is 1. The summed E-state index contributed by atoms with van der Waals surface area (Å²) in [6.45, 7) is 3.93. The molecule has 174 valence electrons. The number of nitrogens with zero attached hydrogens (tertiary/aromatic N) is 6. The number of nitrogens with one attached hydrogen (secondary N) is 1. The Morgan fingerprint density at radius 3 is 2.39 bits per heavy atom. The molecule has 0 radical (unpaired) electrons. The minimum atomic E-state index is 0.384. The van der Waals surface area contributed by atoms with Crippen LogP contribution in [0, 0.1) is 36.5 Å². The van der Waals surface area contributed by atoms with E-state index in [1.165, 1.54) is 0 Å². The van der Waals surface area contributed by atoms with E-state index in [1.807, 2.05) is 49.9 Å². The van der Waals surface area contributed by atoms with Crippen molar-refractivity contribution in [3.8, 4) is 34.9 Å². The smallest absolute Gasteiger partial charge is 0.249 e. The highest BCUT2D eigenvalue weighted by Gasteiger charge is 2.17. The second kappa shape index (κ2) is 9.21. The molecule has 5 aromatic rings. The van der Waals surface area contributed by atoms with Gasteiger partial charge in [-0.1, -0.05) is 0 Å². The molecule has 8 nitrogen and oxygen atoms in total. The van der Waals surface area contributed by atoms with Crippen molar-refractivity contribution in [1.29, 1.82) is 10.5 Å². The standard InChI is InChI=1S/C28H21N7O/c1-17-12-21(23-16-31-10-8-20(23)15-30)13-18(2)26(17)36-27-25-24(9-11-35(25)3)33-28(34-27)32-22-6-4-19(14-29)5-7-22/h4-13,16H,1-3H3,(H,32,33,34). The van der Waals surface area contributed by atoms with Crippen LogP contribution in [0.1, 0.15) is 22.3 Å². The summed E-state index contributed by atoms with van der Waals surface area (Å²) in [5.74, 6) is 1.49. The van der Waals surface area contributed by atoms with Crippen LogP contribution < -0.4 is 10.1 Å². The van der Waals surface area contributed by atoms with E-state index in [0.717, 1.165) is 39.0 Å². The maximum atomic E-state index is 9.49. The Morgan fingerprint density at radius 2 is 1.69 bits per heavy atom. The summed E-state index contributed by atoms with van der Waals surface area (Å²) in [5, 5.41) is 21.7. The van der Waals surface area contributed by atoms with Gasteiger partial charge < -0.3 is 14.6 Å². The van der Waals surface area contributed by atoms with Gasteiger partial charge in [0.15, 0.2) is 0 Å². The van der Waals surface area contributed by atoms with Gasteiger partial charge in [0.05, 0.1) is 28.8 Å². The Labute approximate surface area is 208 Å². The molecule has 3 aromatic heterocycles. The van der Waals surface area contributed by atoms with E-state index in [1.54, 1.807) is 42.7 Å². The lowest BCUT2D eigenvalue weighted by atomic mass is 9.98. The molecule has 8 heteroatoms. The molecule has 2 aromatic carbocycles. The highest BCUT2D eigenvalue weighted by molar-refractivity contribution is 5.83. The summed E-state index contributed by atoms with van der Waals surface area (Å²) < 4.78 is 8.34. The molecule has 36 heavy (non-hydrogen) atoms. The summed E-state index contributed by atoms with van der Waals surface area (Å²) in [5.41, 5.74) is 6.89. The van der Waals surface area contributed by atoms with E-state index in [0.29, 0.717) is 28.7 Å². The quantitative estimate of drug-likeness (QED) is 0.338. The fourth-order valence-electron chi connectivity index (χ4n) is 4.13. The maximum Gasteiger partial charge on any atom is 0.249 e. The van der Waals surface area contributed by atoms with Crippen molar-refractivity contribution in [3.63, 3.8) is 0 Å². The van der Waals surface area contributed by atoms with E-state index in [2.05, 4.69) is 32.4 Å². The van der Waals surface area contributed by atoms with E-state index in [9.17, 15) is 5.26 Å². The highest BCUT2D eigenvalue weighted by atomic mass is 16.5. The van der Waals surface area contributed by atoms with Gasteiger partial charge in [-0.3, -0.25) is 4.98 Å². The van der Waals surface area contributed by atoms with Crippen LogP contribution in [0.15, 0.2) is 67.1 Å². The van der Waals surface area contributed by atoms with E-state index in [-0.39, 0.29) is 0 Å². The number of ether oxygens (including phenoxy) is 1. The van der Waals surface area contributed by atoms with Gasteiger partial charge in [0.2, 0.25) is 11.8 Å². The SMILES string of the molecule is Cc1cc(-c2cnccc2C#N)cc(C)c1Oc1nc(Nc2ccc(C#N)cc2)nc2ccn(C)c12. The molecule has 1 N–H and O–H groups in total. The van der Waals surface area contributed by atoms with Crippen molar-refractivity contribution in [2.24, 2.45) is 7.05 Å². The van der Waals surface area contributed by atoms with E-state index in [4.69, 9.17) is 10.00 Å². The molecule has 0 atom stereocenters. The normalized spacial score (nSPS) is 10.6. The number of rotatable bonds is 5. The van der Waals surface area contributed by atoms with Gasteiger partial charge in [-0.15, -0.1) is 0 Å². The number of benzene rings is 2. The predicted octanol–water partition coefficient (Wildman–Crippen LogP) is 5.93. The molecule has 0 aliphatic carbocycles. The van der Waals surface area contributed by atoms with Gasteiger partial charge in [0.1, 0.15) is 11.3 Å². The Bertz CT molecular complexity index is 1670. The third kappa shape index (κ3) is 4.20. The molecular formula is C28H21N7O. The van der Waals surface area contributed by atoms with E-state index < -0.39 is 0 Å². The molecular weight excluding hydrogens is 450 g/mol. The first-order valence-corrected chi connectivity index (χ1v) is 11.2. The number of aryl methyl sites for hydroxylation is 3. The summed E-state index contributed by atoms with van der Waals surface area (Å²) >= 11 is 0. The Morgan fingerprint density at radius 1 is 0.944 bits per heavy atom. The first-order chi connectivity index (χ1) is 17.5. The van der Waals surface area contributed by atoms with Gasteiger partial charge in [0.25, 0.3) is 0 Å². The molecule has 0 amide bonds. The molecule has 0 saturated heterocycles. The van der Waals surface area contributed by atoms with Gasteiger partial charge in [-0.05, 0) is 79.1 Å². The molecule has 0 saturated carbocycles. The number of hydrogen-bond acceptors (Lipinski definition) is 7. The molecule has 0 aliphatic heterocycles. The van der Waals surface area contributed by atoms with Crippen LogP contribution in [0.25, 0.3) is 22.2 Å². The first-order valence-electron chi connectivity index (χ1n) is 11.2. The van der Waals surface area contributed by atoms with Gasteiger partial charge in [-0.25, -0.2) is 4.98 Å². The summed E-state index contributed by atoms with van der Waals surface area (Å²) in [6, 6.07) is 19.0. The fourth-order valence-corrected chi connectivity index (χ4v) is 4.13. The molecule has 0 fully saturated rings. The first kappa shape index (κ1) is 22.6. The van der Waals surface area contributed by atoms with Crippen LogP contribution in [0.4, 0.5) is 11.6 Å². The highest BCUT2D eigenvalue weighted by Crippen LogP contribution is 2.36. The number of fused-ring (bicyclic) bond motifs is 1. The predicted molar refractivity (Wildman–Crippen MR) is 137 cm³/mol. The topological polar surface area (TPSA) is 112 Å². The number of pyridine rings is 1. The Balaban J connectivity index is 1.54. The average molecular weight is 472 g/mol. The van der Waals surface area contributed by atoms with Crippen LogP contribution in [0.3, 0.4) is 0 Å². The van der Waals surface area contributed by atoms with E-state index >= 15 is 0 Å². The van der Waals surface area contributed by atoms with Crippen molar-refractivity contribution >= 4 is 22.7 Å². The Kier molecular flexibility index (Phi) is 5.77. The maximum absolute atomic E-state index is 9.49. The fraction of sp³-hybridized carbons (Fsp3) is 0.107. The van der Waals surface area contributed by atoms with Crippen LogP contribution in [0.5, 0.6) is 11.6 Å². The zero-order valence-corrected chi connectivity index (χ0v) is 19.9. The van der Waals surface area contributed by atoms with Gasteiger partial charge in [0, 0.05) is 36.9 Å². The van der Waals surface area contributed by atoms with Crippen LogP contribution in [-0.2, 0) is 7.05 Å². The molecule has 0 spiro atoms. The molecule has 0 unspecified atom stereocenters. The van der Waals surface area contributed by atoms with Crippen molar-refractivity contribution < 1.29 is 4.74 Å². The largest absolute Gasteiger partial charge is 0.436 e. The van der Waals surface area contributed by atoms with Crippen molar-refractivity contribution in [2.45, 2.75) is 13.8 Å². The second-order valence-electron chi connectivity index (χ2n) is 8.40. The average Bonchev–Trinajstić information content (AvgIpc) is 3.27. The Hall–Kier alpha value is -5.21. The van der Waals surface area contributed by atoms with Crippen molar-refractivity contribution in [3.05, 3.63) is 89.4 Å².